The molecule has 0 aromatic rings. The molecule has 0 radical (unpaired) electrons. The second-order valence-electron chi connectivity index (χ2n) is 6.58. The fourth-order valence-electron chi connectivity index (χ4n) is 1.94. The number of amides is 4. The predicted molar refractivity (Wildman–Crippen MR) is 99.3 cm³/mol. The zero-order chi connectivity index (χ0) is 21.1. The minimum Gasteiger partial charge on any atom is -0.346 e. The average molecular weight is 385 g/mol. The van der Waals surface area contributed by atoms with Gasteiger partial charge in [-0.25, -0.2) is 0 Å². The van der Waals surface area contributed by atoms with E-state index < -0.39 is 47.8 Å². The average Bonchev–Trinajstić information content (AvgIpc) is 2.63. The van der Waals surface area contributed by atoms with Crippen LogP contribution in [0.15, 0.2) is 0 Å². The SMILES string of the molecule is CC[C@H](C)[C@H](N)C(=O)NCC(=O)N[C@@H](C)C(=O)N[C@@H](C)C(=O)N[C@@H](C)C=O. The molecule has 0 saturated heterocycles. The molecule has 154 valence electrons. The highest BCUT2D eigenvalue weighted by atomic mass is 16.2. The monoisotopic (exact) mass is 385 g/mol. The van der Waals surface area contributed by atoms with Crippen molar-refractivity contribution in [3.8, 4) is 0 Å². The van der Waals surface area contributed by atoms with Crippen molar-refractivity contribution >= 4 is 29.9 Å². The van der Waals surface area contributed by atoms with E-state index in [9.17, 15) is 24.0 Å². The summed E-state index contributed by atoms with van der Waals surface area (Å²) in [5, 5.41) is 9.68. The molecule has 0 aromatic carbocycles. The second-order valence-corrected chi connectivity index (χ2v) is 6.58. The van der Waals surface area contributed by atoms with Gasteiger partial charge in [0.1, 0.15) is 18.4 Å². The van der Waals surface area contributed by atoms with Gasteiger partial charge in [-0.2, -0.15) is 0 Å². The van der Waals surface area contributed by atoms with Crippen LogP contribution in [0.4, 0.5) is 0 Å². The van der Waals surface area contributed by atoms with Gasteiger partial charge in [-0.1, -0.05) is 20.3 Å². The van der Waals surface area contributed by atoms with E-state index in [0.717, 1.165) is 6.42 Å². The summed E-state index contributed by atoms with van der Waals surface area (Å²) in [4.78, 5) is 58.1. The normalized spacial score (nSPS) is 16.1. The lowest BCUT2D eigenvalue weighted by molar-refractivity contribution is -0.132. The van der Waals surface area contributed by atoms with Crippen LogP contribution < -0.4 is 27.0 Å². The summed E-state index contributed by atoms with van der Waals surface area (Å²) in [7, 11) is 0. The third-order valence-corrected chi connectivity index (χ3v) is 4.08. The van der Waals surface area contributed by atoms with E-state index in [4.69, 9.17) is 5.73 Å². The fourth-order valence-corrected chi connectivity index (χ4v) is 1.94. The number of hydrogen-bond acceptors (Lipinski definition) is 6. The highest BCUT2D eigenvalue weighted by molar-refractivity contribution is 5.93. The molecule has 0 aliphatic rings. The molecule has 0 saturated carbocycles. The first-order valence-corrected chi connectivity index (χ1v) is 8.92. The number of nitrogens with two attached hydrogens (primary N) is 1. The Bertz CT molecular complexity index is 554. The Morgan fingerprint density at radius 2 is 1.41 bits per heavy atom. The highest BCUT2D eigenvalue weighted by Crippen LogP contribution is 2.04. The fraction of sp³-hybridized carbons (Fsp3) is 0.706. The van der Waals surface area contributed by atoms with Gasteiger partial charge < -0.3 is 31.8 Å². The molecule has 10 heteroatoms. The number of aldehydes is 1. The standard InChI is InChI=1S/C17H31N5O5/c1-6-9(2)14(18)17(27)19-7-13(24)21-11(4)16(26)22-12(5)15(25)20-10(3)8-23/h8-12,14H,6-7,18H2,1-5H3,(H,19,27)(H,20,25)(H,21,24)(H,22,26)/t9-,10-,11-,12-,14-/m0/s1. The Kier molecular flexibility index (Phi) is 10.9. The lowest BCUT2D eigenvalue weighted by Gasteiger charge is -2.20. The number of hydrogen-bond donors (Lipinski definition) is 5. The van der Waals surface area contributed by atoms with Crippen molar-refractivity contribution in [3.63, 3.8) is 0 Å². The van der Waals surface area contributed by atoms with Crippen LogP contribution in [0.1, 0.15) is 41.0 Å². The van der Waals surface area contributed by atoms with Crippen molar-refractivity contribution in [3.05, 3.63) is 0 Å². The topological polar surface area (TPSA) is 159 Å². The predicted octanol–water partition coefficient (Wildman–Crippen LogP) is -1.81. The van der Waals surface area contributed by atoms with Gasteiger partial charge >= 0.3 is 0 Å². The molecule has 5 atom stereocenters. The first-order chi connectivity index (χ1) is 12.5. The van der Waals surface area contributed by atoms with E-state index >= 15 is 0 Å². The maximum absolute atomic E-state index is 12.0. The van der Waals surface area contributed by atoms with Crippen LogP contribution in [0.3, 0.4) is 0 Å². The summed E-state index contributed by atoms with van der Waals surface area (Å²) in [6.07, 6.45) is 1.30. The third kappa shape index (κ3) is 9.13. The van der Waals surface area contributed by atoms with Crippen LogP contribution in [0.5, 0.6) is 0 Å². The Morgan fingerprint density at radius 1 is 0.889 bits per heavy atom. The lowest BCUT2D eigenvalue weighted by Crippen LogP contribution is -2.54. The van der Waals surface area contributed by atoms with Gasteiger partial charge in [0.05, 0.1) is 18.6 Å². The maximum atomic E-state index is 12.0. The molecule has 4 amide bonds. The van der Waals surface area contributed by atoms with Gasteiger partial charge in [0, 0.05) is 0 Å². The third-order valence-electron chi connectivity index (χ3n) is 4.08. The largest absolute Gasteiger partial charge is 0.346 e. The highest BCUT2D eigenvalue weighted by Gasteiger charge is 2.23. The molecule has 0 unspecified atom stereocenters. The van der Waals surface area contributed by atoms with E-state index in [2.05, 4.69) is 21.3 Å². The van der Waals surface area contributed by atoms with E-state index in [1.807, 2.05) is 13.8 Å². The first kappa shape index (κ1) is 24.5. The summed E-state index contributed by atoms with van der Waals surface area (Å²) in [6.45, 7) is 7.83. The molecule has 27 heavy (non-hydrogen) atoms. The molecule has 0 heterocycles. The minimum atomic E-state index is -0.920. The van der Waals surface area contributed by atoms with Gasteiger partial charge in [0.25, 0.3) is 0 Å². The molecule has 0 aliphatic heterocycles. The van der Waals surface area contributed by atoms with Crippen molar-refractivity contribution in [2.75, 3.05) is 6.54 Å². The number of carbonyl (C=O) groups is 5. The molecule has 0 aliphatic carbocycles. The summed E-state index contributed by atoms with van der Waals surface area (Å²) in [5.41, 5.74) is 5.77. The molecule has 10 nitrogen and oxygen atoms in total. The maximum Gasteiger partial charge on any atom is 0.242 e. The molecule has 6 N–H and O–H groups in total. The van der Waals surface area contributed by atoms with Gasteiger partial charge in [0.15, 0.2) is 0 Å². The van der Waals surface area contributed by atoms with Crippen LogP contribution in [-0.4, -0.2) is 60.6 Å². The van der Waals surface area contributed by atoms with Crippen LogP contribution in [0.2, 0.25) is 0 Å². The number of nitrogens with one attached hydrogen (secondary N) is 4. The summed E-state index contributed by atoms with van der Waals surface area (Å²) in [5.74, 6) is -2.12. The van der Waals surface area contributed by atoms with Crippen LogP contribution in [0.25, 0.3) is 0 Å². The van der Waals surface area contributed by atoms with Crippen molar-refractivity contribution in [1.82, 2.24) is 21.3 Å². The summed E-state index contributed by atoms with van der Waals surface area (Å²) < 4.78 is 0. The van der Waals surface area contributed by atoms with Crippen LogP contribution in [0, 0.1) is 5.92 Å². The van der Waals surface area contributed by atoms with Crippen molar-refractivity contribution < 1.29 is 24.0 Å². The quantitative estimate of drug-likeness (QED) is 0.264. The molecular formula is C17H31N5O5. The number of carbonyl (C=O) groups excluding carboxylic acids is 5. The zero-order valence-corrected chi connectivity index (χ0v) is 16.5. The summed E-state index contributed by atoms with van der Waals surface area (Å²) in [6, 6.07) is -3.18. The Hall–Kier alpha value is -2.49. The Morgan fingerprint density at radius 3 is 1.93 bits per heavy atom. The minimum absolute atomic E-state index is 0.0210. The number of rotatable bonds is 11. The van der Waals surface area contributed by atoms with Crippen LogP contribution >= 0.6 is 0 Å². The van der Waals surface area contributed by atoms with Crippen molar-refractivity contribution in [2.24, 2.45) is 11.7 Å². The van der Waals surface area contributed by atoms with Gasteiger partial charge in [-0.15, -0.1) is 0 Å². The molecule has 0 aromatic heterocycles. The van der Waals surface area contributed by atoms with Gasteiger partial charge in [0.2, 0.25) is 23.6 Å². The van der Waals surface area contributed by atoms with Crippen LogP contribution in [-0.2, 0) is 24.0 Å². The zero-order valence-electron chi connectivity index (χ0n) is 16.5. The van der Waals surface area contributed by atoms with Crippen molar-refractivity contribution in [2.45, 2.75) is 65.2 Å². The van der Waals surface area contributed by atoms with Gasteiger partial charge in [-0.05, 0) is 26.7 Å². The second kappa shape index (κ2) is 12.0. The van der Waals surface area contributed by atoms with E-state index in [1.54, 1.807) is 0 Å². The molecular weight excluding hydrogens is 354 g/mol. The molecule has 0 bridgehead atoms. The summed E-state index contributed by atoms with van der Waals surface area (Å²) >= 11 is 0. The van der Waals surface area contributed by atoms with E-state index in [-0.39, 0.29) is 12.5 Å². The molecule has 0 spiro atoms. The smallest absolute Gasteiger partial charge is 0.242 e. The first-order valence-electron chi connectivity index (χ1n) is 8.92. The van der Waals surface area contributed by atoms with E-state index in [1.165, 1.54) is 20.8 Å². The lowest BCUT2D eigenvalue weighted by atomic mass is 9.99. The Balaban J connectivity index is 4.38. The van der Waals surface area contributed by atoms with Crippen molar-refractivity contribution in [1.29, 1.82) is 0 Å². The van der Waals surface area contributed by atoms with Gasteiger partial charge in [-0.3, -0.25) is 19.2 Å². The Labute approximate surface area is 159 Å². The molecule has 0 rings (SSSR count). The molecule has 0 fully saturated rings. The van der Waals surface area contributed by atoms with E-state index in [0.29, 0.717) is 6.29 Å².